The minimum atomic E-state index is -0.760. The summed E-state index contributed by atoms with van der Waals surface area (Å²) in [5.41, 5.74) is 5.42. The molecule has 100 valence electrons. The van der Waals surface area contributed by atoms with Crippen molar-refractivity contribution in [1.29, 1.82) is 0 Å². The number of hydrogen-bond acceptors (Lipinski definition) is 2. The van der Waals surface area contributed by atoms with Crippen molar-refractivity contribution in [3.63, 3.8) is 0 Å². The van der Waals surface area contributed by atoms with Crippen LogP contribution >= 0.6 is 0 Å². The van der Waals surface area contributed by atoms with Crippen molar-refractivity contribution in [2.24, 2.45) is 5.73 Å². The molecular weight excluding hydrogens is 236 g/mol. The van der Waals surface area contributed by atoms with Crippen LogP contribution in [0.4, 0.5) is 8.78 Å². The first kappa shape index (κ1) is 13.4. The maximum absolute atomic E-state index is 13.8. The van der Waals surface area contributed by atoms with Crippen molar-refractivity contribution >= 4 is 0 Å². The van der Waals surface area contributed by atoms with Crippen LogP contribution in [0.2, 0.25) is 0 Å². The topological polar surface area (TPSA) is 35.2 Å². The molecule has 1 fully saturated rings. The molecule has 1 aromatic carbocycles. The first-order chi connectivity index (χ1) is 8.60. The molecule has 1 aromatic rings. The average molecular weight is 255 g/mol. The lowest BCUT2D eigenvalue weighted by Gasteiger charge is -2.41. The predicted molar refractivity (Wildman–Crippen MR) is 66.1 cm³/mol. The molecule has 0 radical (unpaired) electrons. The van der Waals surface area contributed by atoms with E-state index in [2.05, 4.69) is 0 Å². The number of rotatable bonds is 3. The van der Waals surface area contributed by atoms with Crippen molar-refractivity contribution in [3.8, 4) is 0 Å². The Bertz CT molecular complexity index is 396. The quantitative estimate of drug-likeness (QED) is 0.899. The standard InChI is InChI=1S/C14H19F2NO/c1-18-14(8-3-2-4-9-14)13(17)12-10(15)6-5-7-11(12)16/h5-7,13H,2-4,8-9,17H2,1H3. The molecule has 2 rings (SSSR count). The molecule has 1 saturated carbocycles. The van der Waals surface area contributed by atoms with Gasteiger partial charge in [0, 0.05) is 12.7 Å². The van der Waals surface area contributed by atoms with Crippen LogP contribution in [0.25, 0.3) is 0 Å². The molecule has 2 N–H and O–H groups in total. The van der Waals surface area contributed by atoms with E-state index in [-0.39, 0.29) is 5.56 Å². The third-order valence-electron chi connectivity index (χ3n) is 3.98. The highest BCUT2D eigenvalue weighted by atomic mass is 19.1. The molecule has 1 aliphatic carbocycles. The molecule has 1 unspecified atom stereocenters. The zero-order valence-electron chi connectivity index (χ0n) is 10.6. The summed E-state index contributed by atoms with van der Waals surface area (Å²) in [7, 11) is 1.57. The average Bonchev–Trinajstić information content (AvgIpc) is 2.39. The Morgan fingerprint density at radius 2 is 1.72 bits per heavy atom. The van der Waals surface area contributed by atoms with Crippen molar-refractivity contribution in [2.45, 2.75) is 43.7 Å². The second kappa shape index (κ2) is 5.33. The molecule has 1 aliphatic rings. The first-order valence-electron chi connectivity index (χ1n) is 6.35. The van der Waals surface area contributed by atoms with E-state index in [0.717, 1.165) is 32.1 Å². The summed E-state index contributed by atoms with van der Waals surface area (Å²) in [6, 6.07) is 3.07. The third-order valence-corrected chi connectivity index (χ3v) is 3.98. The molecule has 0 bridgehead atoms. The van der Waals surface area contributed by atoms with Gasteiger partial charge in [0.1, 0.15) is 11.6 Å². The van der Waals surface area contributed by atoms with E-state index in [9.17, 15) is 8.78 Å². The van der Waals surface area contributed by atoms with Crippen LogP contribution in [-0.4, -0.2) is 12.7 Å². The fourth-order valence-corrected chi connectivity index (χ4v) is 2.86. The second-order valence-corrected chi connectivity index (χ2v) is 4.94. The van der Waals surface area contributed by atoms with Gasteiger partial charge >= 0.3 is 0 Å². The summed E-state index contributed by atoms with van der Waals surface area (Å²) in [4.78, 5) is 0. The largest absolute Gasteiger partial charge is 0.376 e. The lowest BCUT2D eigenvalue weighted by atomic mass is 9.77. The van der Waals surface area contributed by atoms with Gasteiger partial charge in [0.05, 0.1) is 11.6 Å². The Balaban J connectivity index is 2.36. The van der Waals surface area contributed by atoms with Gasteiger partial charge in [0.2, 0.25) is 0 Å². The van der Waals surface area contributed by atoms with Gasteiger partial charge in [-0.25, -0.2) is 8.78 Å². The smallest absolute Gasteiger partial charge is 0.131 e. The third kappa shape index (κ3) is 2.27. The molecule has 0 saturated heterocycles. The molecule has 2 nitrogen and oxygen atoms in total. The Labute approximate surface area is 106 Å². The monoisotopic (exact) mass is 255 g/mol. The molecular formula is C14H19F2NO. The first-order valence-corrected chi connectivity index (χ1v) is 6.35. The van der Waals surface area contributed by atoms with Crippen LogP contribution in [0.3, 0.4) is 0 Å². The Hall–Kier alpha value is -1.00. The van der Waals surface area contributed by atoms with Crippen molar-refractivity contribution < 1.29 is 13.5 Å². The van der Waals surface area contributed by atoms with Gasteiger partial charge < -0.3 is 10.5 Å². The normalized spacial score (nSPS) is 20.7. The number of methoxy groups -OCH3 is 1. The van der Waals surface area contributed by atoms with Crippen molar-refractivity contribution in [1.82, 2.24) is 0 Å². The number of hydrogen-bond donors (Lipinski definition) is 1. The van der Waals surface area contributed by atoms with Gasteiger partial charge in [0.25, 0.3) is 0 Å². The predicted octanol–water partition coefficient (Wildman–Crippen LogP) is 3.31. The summed E-state index contributed by atoms with van der Waals surface area (Å²) < 4.78 is 33.1. The Morgan fingerprint density at radius 3 is 2.22 bits per heavy atom. The lowest BCUT2D eigenvalue weighted by Crippen LogP contribution is -2.45. The van der Waals surface area contributed by atoms with Crippen LogP contribution in [0.5, 0.6) is 0 Å². The van der Waals surface area contributed by atoms with Gasteiger partial charge in [0.15, 0.2) is 0 Å². The molecule has 18 heavy (non-hydrogen) atoms. The number of nitrogens with two attached hydrogens (primary N) is 1. The second-order valence-electron chi connectivity index (χ2n) is 4.94. The van der Waals surface area contributed by atoms with Gasteiger partial charge in [-0.2, -0.15) is 0 Å². The van der Waals surface area contributed by atoms with E-state index in [1.807, 2.05) is 0 Å². The van der Waals surface area contributed by atoms with Gasteiger partial charge in [-0.1, -0.05) is 25.3 Å². The Morgan fingerprint density at radius 1 is 1.17 bits per heavy atom. The summed E-state index contributed by atoms with van der Waals surface area (Å²) in [5, 5.41) is 0. The van der Waals surface area contributed by atoms with Gasteiger partial charge in [-0.3, -0.25) is 0 Å². The summed E-state index contributed by atoms with van der Waals surface area (Å²) in [5.74, 6) is -1.19. The molecule has 0 aromatic heterocycles. The maximum atomic E-state index is 13.8. The fourth-order valence-electron chi connectivity index (χ4n) is 2.86. The van der Waals surface area contributed by atoms with Crippen LogP contribution in [0, 0.1) is 11.6 Å². The highest BCUT2D eigenvalue weighted by Gasteiger charge is 2.41. The maximum Gasteiger partial charge on any atom is 0.131 e. The van der Waals surface area contributed by atoms with E-state index < -0.39 is 23.3 Å². The molecule has 0 amide bonds. The van der Waals surface area contributed by atoms with Gasteiger partial charge in [-0.05, 0) is 25.0 Å². The summed E-state index contributed by atoms with van der Waals surface area (Å²) in [6.07, 6.45) is 4.59. The van der Waals surface area contributed by atoms with Crippen molar-refractivity contribution in [2.75, 3.05) is 7.11 Å². The van der Waals surface area contributed by atoms with E-state index in [1.54, 1.807) is 7.11 Å². The summed E-state index contributed by atoms with van der Waals surface area (Å²) >= 11 is 0. The van der Waals surface area contributed by atoms with Crippen LogP contribution in [0.1, 0.15) is 43.7 Å². The SMILES string of the molecule is COC1(C(N)c2c(F)cccc2F)CCCCC1. The van der Waals surface area contributed by atoms with Crippen LogP contribution in [-0.2, 0) is 4.74 Å². The van der Waals surface area contributed by atoms with E-state index in [0.29, 0.717) is 0 Å². The van der Waals surface area contributed by atoms with Crippen LogP contribution < -0.4 is 5.73 Å². The van der Waals surface area contributed by atoms with Crippen LogP contribution in [0.15, 0.2) is 18.2 Å². The molecule has 0 aliphatic heterocycles. The summed E-state index contributed by atoms with van der Waals surface area (Å²) in [6.45, 7) is 0. The Kier molecular flexibility index (Phi) is 3.97. The highest BCUT2D eigenvalue weighted by molar-refractivity contribution is 5.26. The minimum absolute atomic E-state index is 0.0544. The lowest BCUT2D eigenvalue weighted by molar-refractivity contribution is -0.0609. The number of benzene rings is 1. The molecule has 0 spiro atoms. The highest BCUT2D eigenvalue weighted by Crippen LogP contribution is 2.41. The number of ether oxygens (including phenoxy) is 1. The van der Waals surface area contributed by atoms with E-state index >= 15 is 0 Å². The fraction of sp³-hybridized carbons (Fsp3) is 0.571. The molecule has 4 heteroatoms. The van der Waals surface area contributed by atoms with E-state index in [1.165, 1.54) is 18.2 Å². The zero-order valence-corrected chi connectivity index (χ0v) is 10.6. The van der Waals surface area contributed by atoms with Crippen molar-refractivity contribution in [3.05, 3.63) is 35.4 Å². The van der Waals surface area contributed by atoms with E-state index in [4.69, 9.17) is 10.5 Å². The molecule has 0 heterocycles. The zero-order chi connectivity index (χ0) is 13.2. The van der Waals surface area contributed by atoms with Gasteiger partial charge in [-0.15, -0.1) is 0 Å². The number of halogens is 2. The molecule has 1 atom stereocenters. The minimum Gasteiger partial charge on any atom is -0.376 e.